The number of thioether (sulfide) groups is 1. The van der Waals surface area contributed by atoms with Crippen LogP contribution in [0.1, 0.15) is 39.5 Å². The number of rotatable bonds is 13. The van der Waals surface area contributed by atoms with Gasteiger partial charge < -0.3 is 27.2 Å². The van der Waals surface area contributed by atoms with E-state index in [2.05, 4.69) is 10.6 Å². The molecule has 3 atom stereocenters. The highest BCUT2D eigenvalue weighted by Gasteiger charge is 2.29. The Kier molecular flexibility index (Phi) is 12.3. The lowest BCUT2D eigenvalue weighted by atomic mass is 10.0. The van der Waals surface area contributed by atoms with Crippen molar-refractivity contribution in [3.05, 3.63) is 0 Å². The van der Waals surface area contributed by atoms with E-state index in [0.29, 0.717) is 32.2 Å². The Bertz CT molecular complexity index is 434. The van der Waals surface area contributed by atoms with E-state index in [1.807, 2.05) is 6.26 Å². The average Bonchev–Trinajstić information content (AvgIpc) is 2.55. The van der Waals surface area contributed by atoms with Gasteiger partial charge in [0.1, 0.15) is 12.1 Å². The van der Waals surface area contributed by atoms with Crippen molar-refractivity contribution in [3.8, 4) is 0 Å². The Morgan fingerprint density at radius 3 is 2.20 bits per heavy atom. The van der Waals surface area contributed by atoms with Crippen LogP contribution in [0.4, 0.5) is 0 Å². The van der Waals surface area contributed by atoms with Crippen LogP contribution >= 0.6 is 11.8 Å². The second-order valence-corrected chi connectivity index (χ2v) is 7.29. The number of carbonyl (C=O) groups excluding carboxylic acids is 2. The number of carboxylic acids is 1. The quantitative estimate of drug-likeness (QED) is 0.282. The second kappa shape index (κ2) is 13.0. The van der Waals surface area contributed by atoms with Crippen LogP contribution in [0.25, 0.3) is 0 Å². The Morgan fingerprint density at radius 2 is 1.72 bits per heavy atom. The van der Waals surface area contributed by atoms with E-state index in [4.69, 9.17) is 11.5 Å². The SMILES string of the molecule is CSCCC(N)C(=O)NC(C(=O)NC(CCCCN)C(=O)O)C(C)C. The Morgan fingerprint density at radius 1 is 1.08 bits per heavy atom. The van der Waals surface area contributed by atoms with Gasteiger partial charge in [-0.2, -0.15) is 11.8 Å². The molecule has 0 saturated carbocycles. The molecule has 0 aliphatic rings. The van der Waals surface area contributed by atoms with Gasteiger partial charge in [0.05, 0.1) is 6.04 Å². The maximum Gasteiger partial charge on any atom is 0.326 e. The molecule has 0 fully saturated rings. The summed E-state index contributed by atoms with van der Waals surface area (Å²) in [6, 6.07) is -2.52. The largest absolute Gasteiger partial charge is 0.480 e. The topological polar surface area (TPSA) is 148 Å². The van der Waals surface area contributed by atoms with Crippen LogP contribution in [0.2, 0.25) is 0 Å². The molecule has 0 aromatic heterocycles. The van der Waals surface area contributed by atoms with Crippen molar-refractivity contribution in [3.63, 3.8) is 0 Å². The van der Waals surface area contributed by atoms with Crippen molar-refractivity contribution >= 4 is 29.5 Å². The molecule has 25 heavy (non-hydrogen) atoms. The van der Waals surface area contributed by atoms with Gasteiger partial charge in [0.2, 0.25) is 11.8 Å². The summed E-state index contributed by atoms with van der Waals surface area (Å²) in [5.41, 5.74) is 11.2. The number of carboxylic acid groups (broad SMARTS) is 1. The lowest BCUT2D eigenvalue weighted by Crippen LogP contribution is -2.56. The van der Waals surface area contributed by atoms with E-state index in [1.165, 1.54) is 0 Å². The maximum absolute atomic E-state index is 12.4. The van der Waals surface area contributed by atoms with Crippen molar-refractivity contribution < 1.29 is 19.5 Å². The zero-order valence-corrected chi connectivity index (χ0v) is 16.1. The third-order valence-corrected chi connectivity index (χ3v) is 4.42. The van der Waals surface area contributed by atoms with Crippen LogP contribution in [-0.4, -0.2) is 59.6 Å². The van der Waals surface area contributed by atoms with Crippen molar-refractivity contribution in [2.75, 3.05) is 18.6 Å². The van der Waals surface area contributed by atoms with Crippen molar-refractivity contribution in [2.24, 2.45) is 17.4 Å². The summed E-state index contributed by atoms with van der Waals surface area (Å²) in [5, 5.41) is 14.4. The summed E-state index contributed by atoms with van der Waals surface area (Å²) in [6.07, 6.45) is 4.02. The molecule has 2 amide bonds. The van der Waals surface area contributed by atoms with Gasteiger partial charge in [-0.3, -0.25) is 9.59 Å². The van der Waals surface area contributed by atoms with E-state index >= 15 is 0 Å². The Balaban J connectivity index is 4.80. The highest BCUT2D eigenvalue weighted by atomic mass is 32.2. The lowest BCUT2D eigenvalue weighted by molar-refractivity contribution is -0.142. The van der Waals surface area contributed by atoms with Gasteiger partial charge >= 0.3 is 5.97 Å². The van der Waals surface area contributed by atoms with E-state index in [-0.39, 0.29) is 5.92 Å². The number of aliphatic carboxylic acids is 1. The fourth-order valence-electron chi connectivity index (χ4n) is 2.18. The number of carbonyl (C=O) groups is 3. The first kappa shape index (κ1) is 23.7. The van der Waals surface area contributed by atoms with Crippen LogP contribution in [0.15, 0.2) is 0 Å². The molecule has 0 radical (unpaired) electrons. The van der Waals surface area contributed by atoms with Gasteiger partial charge in [-0.15, -0.1) is 0 Å². The van der Waals surface area contributed by atoms with Gasteiger partial charge in [0.25, 0.3) is 0 Å². The van der Waals surface area contributed by atoms with Crippen molar-refractivity contribution in [1.82, 2.24) is 10.6 Å². The van der Waals surface area contributed by atoms with Gasteiger partial charge in [0.15, 0.2) is 0 Å². The molecule has 0 aromatic rings. The fourth-order valence-corrected chi connectivity index (χ4v) is 2.67. The standard InChI is InChI=1S/C16H32N4O4S/c1-10(2)13(20-14(21)11(18)7-9-25-3)15(22)19-12(16(23)24)6-4-5-8-17/h10-13H,4-9,17-18H2,1-3H3,(H,19,22)(H,20,21)(H,23,24). The molecular weight excluding hydrogens is 344 g/mol. The van der Waals surface area contributed by atoms with Gasteiger partial charge in [-0.25, -0.2) is 4.79 Å². The third-order valence-electron chi connectivity index (χ3n) is 3.78. The number of nitrogens with one attached hydrogen (secondary N) is 2. The minimum Gasteiger partial charge on any atom is -0.480 e. The van der Waals surface area contributed by atoms with Crippen LogP contribution in [0.3, 0.4) is 0 Å². The van der Waals surface area contributed by atoms with Crippen LogP contribution < -0.4 is 22.1 Å². The number of nitrogens with two attached hydrogens (primary N) is 2. The molecule has 3 unspecified atom stereocenters. The van der Waals surface area contributed by atoms with E-state index in [0.717, 1.165) is 5.75 Å². The van der Waals surface area contributed by atoms with Crippen LogP contribution in [0, 0.1) is 5.92 Å². The van der Waals surface area contributed by atoms with E-state index in [9.17, 15) is 19.5 Å². The molecule has 0 aromatic carbocycles. The Labute approximate surface area is 153 Å². The van der Waals surface area contributed by atoms with Crippen LogP contribution in [0.5, 0.6) is 0 Å². The van der Waals surface area contributed by atoms with Gasteiger partial charge in [-0.05, 0) is 50.2 Å². The first-order valence-electron chi connectivity index (χ1n) is 8.52. The van der Waals surface area contributed by atoms with Crippen molar-refractivity contribution in [1.29, 1.82) is 0 Å². The summed E-state index contributed by atoms with van der Waals surface area (Å²) in [6.45, 7) is 4.03. The molecule has 0 aliphatic heterocycles. The van der Waals surface area contributed by atoms with Crippen LogP contribution in [-0.2, 0) is 14.4 Å². The molecule has 0 aliphatic carbocycles. The maximum atomic E-state index is 12.4. The number of hydrogen-bond donors (Lipinski definition) is 5. The number of hydrogen-bond acceptors (Lipinski definition) is 6. The smallest absolute Gasteiger partial charge is 0.326 e. The zero-order valence-electron chi connectivity index (χ0n) is 15.3. The third kappa shape index (κ3) is 9.66. The molecule has 9 heteroatoms. The Hall–Kier alpha value is -1.32. The minimum atomic E-state index is -1.10. The summed E-state index contributed by atoms with van der Waals surface area (Å²) in [7, 11) is 0. The molecule has 0 bridgehead atoms. The predicted molar refractivity (Wildman–Crippen MR) is 100 cm³/mol. The molecule has 0 spiro atoms. The summed E-state index contributed by atoms with van der Waals surface area (Å²) >= 11 is 1.59. The van der Waals surface area contributed by atoms with Gasteiger partial charge in [0, 0.05) is 0 Å². The lowest BCUT2D eigenvalue weighted by Gasteiger charge is -2.25. The molecule has 8 nitrogen and oxygen atoms in total. The number of unbranched alkanes of at least 4 members (excludes halogenated alkanes) is 1. The van der Waals surface area contributed by atoms with Gasteiger partial charge in [-0.1, -0.05) is 13.8 Å². The summed E-state index contributed by atoms with van der Waals surface area (Å²) in [4.78, 5) is 35.9. The molecule has 7 N–H and O–H groups in total. The highest BCUT2D eigenvalue weighted by molar-refractivity contribution is 7.98. The molecule has 146 valence electrons. The average molecular weight is 377 g/mol. The molecule has 0 rings (SSSR count). The molecular formula is C16H32N4O4S. The molecule has 0 heterocycles. The minimum absolute atomic E-state index is 0.199. The summed E-state index contributed by atoms with van der Waals surface area (Å²) in [5.74, 6) is -1.47. The number of amides is 2. The van der Waals surface area contributed by atoms with E-state index in [1.54, 1.807) is 25.6 Å². The second-order valence-electron chi connectivity index (χ2n) is 6.30. The molecule has 0 saturated heterocycles. The fraction of sp³-hybridized carbons (Fsp3) is 0.812. The zero-order chi connectivity index (χ0) is 19.4. The highest BCUT2D eigenvalue weighted by Crippen LogP contribution is 2.07. The normalized spacial score (nSPS) is 14.6. The predicted octanol–water partition coefficient (Wildman–Crippen LogP) is -0.0940. The monoisotopic (exact) mass is 376 g/mol. The summed E-state index contributed by atoms with van der Waals surface area (Å²) < 4.78 is 0. The first-order chi connectivity index (χ1) is 11.7. The van der Waals surface area contributed by atoms with E-state index < -0.39 is 35.9 Å². The van der Waals surface area contributed by atoms with Crippen molar-refractivity contribution in [2.45, 2.75) is 57.7 Å². The first-order valence-corrected chi connectivity index (χ1v) is 9.92.